The molecule has 0 radical (unpaired) electrons. The number of methoxy groups -OCH3 is 1. The first-order valence-corrected chi connectivity index (χ1v) is 16.1. The third kappa shape index (κ3) is 8.32. The number of nitrogens with one attached hydrogen (secondary N) is 1. The number of hydrogen-bond acceptors (Lipinski definition) is 6. The van der Waals surface area contributed by atoms with E-state index < -0.39 is 0 Å². The Morgan fingerprint density at radius 3 is 1.88 bits per heavy atom. The van der Waals surface area contributed by atoms with Crippen LogP contribution in [-0.4, -0.2) is 24.0 Å². The molecule has 0 bridgehead atoms. The van der Waals surface area contributed by atoms with Crippen LogP contribution in [-0.2, 0) is 14.9 Å². The highest BCUT2D eigenvalue weighted by molar-refractivity contribution is 6.04. The Labute approximate surface area is 286 Å². The minimum atomic E-state index is -0.325. The van der Waals surface area contributed by atoms with E-state index in [2.05, 4.69) is 43.2 Å². The first-order valence-electron chi connectivity index (χ1n) is 16.1. The average Bonchev–Trinajstić information content (AvgIpc) is 3.11. The lowest BCUT2D eigenvalue weighted by atomic mass is 9.87. The highest BCUT2D eigenvalue weighted by Gasteiger charge is 2.20. The molecule has 0 fully saturated rings. The topological polar surface area (TPSA) is 86.8 Å². The SMILES string of the molecule is COC(=O)CC(c1ccc(NC(=O)c2cc3ccc(Oc4ccc(C(C)(C)C)cc4)cc3cn2)cc1)c1ccc(Oc2ccccc2)cc1. The molecule has 1 amide bonds. The summed E-state index contributed by atoms with van der Waals surface area (Å²) in [6.45, 7) is 6.54. The molecular formula is C42H38N2O5. The van der Waals surface area contributed by atoms with E-state index in [-0.39, 0.29) is 29.6 Å². The van der Waals surface area contributed by atoms with Gasteiger partial charge in [-0.2, -0.15) is 0 Å². The van der Waals surface area contributed by atoms with E-state index in [1.54, 1.807) is 12.3 Å². The molecule has 1 aromatic heterocycles. The fourth-order valence-electron chi connectivity index (χ4n) is 5.53. The minimum Gasteiger partial charge on any atom is -0.469 e. The summed E-state index contributed by atoms with van der Waals surface area (Å²) in [4.78, 5) is 30.0. The minimum absolute atomic E-state index is 0.0719. The molecule has 0 saturated heterocycles. The molecule has 5 aromatic carbocycles. The Bertz CT molecular complexity index is 2050. The molecule has 6 aromatic rings. The molecule has 6 rings (SSSR count). The molecule has 0 aliphatic carbocycles. The molecular weight excluding hydrogens is 612 g/mol. The molecule has 246 valence electrons. The number of amides is 1. The normalized spacial score (nSPS) is 11.8. The number of hydrogen-bond donors (Lipinski definition) is 1. The van der Waals surface area contributed by atoms with E-state index in [4.69, 9.17) is 14.2 Å². The maximum Gasteiger partial charge on any atom is 0.306 e. The Morgan fingerprint density at radius 1 is 0.673 bits per heavy atom. The molecule has 7 nitrogen and oxygen atoms in total. The third-order valence-electron chi connectivity index (χ3n) is 8.31. The van der Waals surface area contributed by atoms with Crippen molar-refractivity contribution in [3.8, 4) is 23.0 Å². The van der Waals surface area contributed by atoms with Crippen molar-refractivity contribution in [2.45, 2.75) is 38.5 Å². The van der Waals surface area contributed by atoms with Crippen LogP contribution >= 0.6 is 0 Å². The number of nitrogens with zero attached hydrogens (tertiary/aromatic N) is 1. The lowest BCUT2D eigenvalue weighted by molar-refractivity contribution is -0.140. The highest BCUT2D eigenvalue weighted by atomic mass is 16.5. The van der Waals surface area contributed by atoms with Gasteiger partial charge in [0.2, 0.25) is 0 Å². The number of esters is 1. The van der Waals surface area contributed by atoms with Gasteiger partial charge < -0.3 is 19.5 Å². The Hall–Kier alpha value is -5.95. The number of ether oxygens (including phenoxy) is 3. The Kier molecular flexibility index (Phi) is 9.72. The van der Waals surface area contributed by atoms with E-state index >= 15 is 0 Å². The molecule has 0 aliphatic rings. The zero-order valence-corrected chi connectivity index (χ0v) is 28.0. The van der Waals surface area contributed by atoms with Gasteiger partial charge in [-0.1, -0.05) is 81.4 Å². The zero-order valence-electron chi connectivity index (χ0n) is 28.0. The second kappa shape index (κ2) is 14.4. The maximum atomic E-state index is 13.2. The summed E-state index contributed by atoms with van der Waals surface area (Å²) in [5.41, 5.74) is 4.07. The van der Waals surface area contributed by atoms with Gasteiger partial charge in [0, 0.05) is 23.2 Å². The van der Waals surface area contributed by atoms with Crippen LogP contribution < -0.4 is 14.8 Å². The van der Waals surface area contributed by atoms with Gasteiger partial charge >= 0.3 is 5.97 Å². The van der Waals surface area contributed by atoms with Crippen molar-refractivity contribution in [2.24, 2.45) is 0 Å². The number of aromatic nitrogens is 1. The molecule has 0 aliphatic heterocycles. The largest absolute Gasteiger partial charge is 0.469 e. The number of carbonyl (C=O) groups excluding carboxylic acids is 2. The second-order valence-corrected chi connectivity index (χ2v) is 12.8. The number of benzene rings is 5. The number of fused-ring (bicyclic) bond motifs is 1. The summed E-state index contributed by atoms with van der Waals surface area (Å²) in [6, 6.07) is 40.3. The van der Waals surface area contributed by atoms with Gasteiger partial charge in [0.15, 0.2) is 0 Å². The molecule has 7 heteroatoms. The van der Waals surface area contributed by atoms with Gasteiger partial charge in [-0.15, -0.1) is 0 Å². The first kappa shape index (κ1) is 33.0. The van der Waals surface area contributed by atoms with Crippen molar-refractivity contribution in [3.63, 3.8) is 0 Å². The van der Waals surface area contributed by atoms with Crippen molar-refractivity contribution < 1.29 is 23.8 Å². The summed E-state index contributed by atoms with van der Waals surface area (Å²) in [5.74, 6) is 2.00. The monoisotopic (exact) mass is 650 g/mol. The van der Waals surface area contributed by atoms with Gasteiger partial charge in [0.05, 0.1) is 13.5 Å². The van der Waals surface area contributed by atoms with E-state index in [9.17, 15) is 9.59 Å². The number of para-hydroxylation sites is 1. The van der Waals surface area contributed by atoms with Gasteiger partial charge in [0.25, 0.3) is 5.91 Å². The Balaban J connectivity index is 1.12. The van der Waals surface area contributed by atoms with Crippen LogP contribution in [0.3, 0.4) is 0 Å². The predicted octanol–water partition coefficient (Wildman–Crippen LogP) is 10.1. The fraction of sp³-hybridized carbons (Fsp3) is 0.167. The van der Waals surface area contributed by atoms with Crippen LogP contribution in [0.4, 0.5) is 5.69 Å². The van der Waals surface area contributed by atoms with Crippen molar-refractivity contribution >= 4 is 28.3 Å². The van der Waals surface area contributed by atoms with E-state index in [0.717, 1.165) is 33.4 Å². The maximum absolute atomic E-state index is 13.2. The summed E-state index contributed by atoms with van der Waals surface area (Å²) >= 11 is 0. The summed E-state index contributed by atoms with van der Waals surface area (Å²) < 4.78 is 17.0. The van der Waals surface area contributed by atoms with Gasteiger partial charge in [-0.3, -0.25) is 14.6 Å². The van der Waals surface area contributed by atoms with E-state index in [1.165, 1.54) is 12.7 Å². The molecule has 1 unspecified atom stereocenters. The fourth-order valence-corrected chi connectivity index (χ4v) is 5.53. The van der Waals surface area contributed by atoms with Crippen molar-refractivity contribution in [3.05, 3.63) is 156 Å². The van der Waals surface area contributed by atoms with Gasteiger partial charge in [0.1, 0.15) is 28.7 Å². The molecule has 1 N–H and O–H groups in total. The van der Waals surface area contributed by atoms with Crippen LogP contribution in [0, 0.1) is 0 Å². The zero-order chi connectivity index (χ0) is 34.4. The smallest absolute Gasteiger partial charge is 0.306 e. The van der Waals surface area contributed by atoms with Crippen LogP contribution in [0.2, 0.25) is 0 Å². The number of anilines is 1. The highest BCUT2D eigenvalue weighted by Crippen LogP contribution is 2.32. The molecule has 49 heavy (non-hydrogen) atoms. The van der Waals surface area contributed by atoms with E-state index in [1.807, 2.05) is 109 Å². The van der Waals surface area contributed by atoms with E-state index in [0.29, 0.717) is 22.9 Å². The summed E-state index contributed by atoms with van der Waals surface area (Å²) in [7, 11) is 1.38. The molecule has 0 spiro atoms. The molecule has 0 saturated carbocycles. The van der Waals surface area contributed by atoms with Gasteiger partial charge in [-0.25, -0.2) is 0 Å². The number of carbonyl (C=O) groups is 2. The lowest BCUT2D eigenvalue weighted by Crippen LogP contribution is -2.14. The summed E-state index contributed by atoms with van der Waals surface area (Å²) in [6.07, 6.45) is 1.84. The van der Waals surface area contributed by atoms with Crippen LogP contribution in [0.5, 0.6) is 23.0 Å². The first-order chi connectivity index (χ1) is 23.6. The summed E-state index contributed by atoms with van der Waals surface area (Å²) in [5, 5.41) is 4.67. The van der Waals surface area contributed by atoms with Crippen LogP contribution in [0.25, 0.3) is 10.8 Å². The average molecular weight is 651 g/mol. The van der Waals surface area contributed by atoms with Crippen molar-refractivity contribution in [1.82, 2.24) is 4.98 Å². The standard InChI is InChI=1S/C42H38N2O5/c1-42(2,3)32-15-22-36(23-16-32)49-37-21-14-30-25-39(43-27-31(30)24-37)41(46)44-33-17-10-28(11-18-33)38(26-40(45)47-4)29-12-19-35(20-13-29)48-34-8-6-5-7-9-34/h5-25,27,38H,26H2,1-4H3,(H,44,46). The lowest BCUT2D eigenvalue weighted by Gasteiger charge is -2.19. The number of rotatable bonds is 10. The quantitative estimate of drug-likeness (QED) is 0.149. The van der Waals surface area contributed by atoms with Crippen LogP contribution in [0.15, 0.2) is 134 Å². The Morgan fingerprint density at radius 2 is 1.24 bits per heavy atom. The second-order valence-electron chi connectivity index (χ2n) is 12.8. The van der Waals surface area contributed by atoms with Crippen molar-refractivity contribution in [1.29, 1.82) is 0 Å². The number of pyridine rings is 1. The van der Waals surface area contributed by atoms with Crippen molar-refractivity contribution in [2.75, 3.05) is 12.4 Å². The van der Waals surface area contributed by atoms with Gasteiger partial charge in [-0.05, 0) is 94.2 Å². The molecule has 1 atom stereocenters. The molecule has 1 heterocycles. The predicted molar refractivity (Wildman–Crippen MR) is 193 cm³/mol. The van der Waals surface area contributed by atoms with Crippen LogP contribution in [0.1, 0.15) is 60.3 Å². The third-order valence-corrected chi connectivity index (χ3v) is 8.31.